The first kappa shape index (κ1) is 7.02. The van der Waals surface area contributed by atoms with Crippen molar-refractivity contribution >= 4 is 17.6 Å². The maximum absolute atomic E-state index is 10.3. The zero-order valence-corrected chi connectivity index (χ0v) is 5.67. The summed E-state index contributed by atoms with van der Waals surface area (Å²) >= 11 is 5.46. The number of hydrogen-bond acceptors (Lipinski definition) is 2. The maximum Gasteiger partial charge on any atom is 0.337 e. The molecule has 0 saturated heterocycles. The second kappa shape index (κ2) is 2.66. The number of aromatic carboxylic acids is 1. The van der Waals surface area contributed by atoms with Gasteiger partial charge in [0.2, 0.25) is 0 Å². The quantitative estimate of drug-likeness (QED) is 0.671. The van der Waals surface area contributed by atoms with Crippen LogP contribution in [0.2, 0.25) is 5.02 Å². The predicted octanol–water partition coefficient (Wildman–Crippen LogP) is 1.43. The molecule has 0 bridgehead atoms. The van der Waals surface area contributed by atoms with Gasteiger partial charge in [-0.2, -0.15) is 0 Å². The van der Waals surface area contributed by atoms with Gasteiger partial charge in [0.15, 0.2) is 0 Å². The van der Waals surface area contributed by atoms with E-state index in [1.165, 1.54) is 18.5 Å². The van der Waals surface area contributed by atoms with E-state index in [-0.39, 0.29) is 5.56 Å². The number of rotatable bonds is 1. The molecule has 0 aliphatic carbocycles. The van der Waals surface area contributed by atoms with Crippen LogP contribution in [-0.4, -0.2) is 16.1 Å². The zero-order chi connectivity index (χ0) is 7.56. The van der Waals surface area contributed by atoms with Crippen molar-refractivity contribution in [2.24, 2.45) is 0 Å². The molecule has 0 amide bonds. The molecule has 0 saturated carbocycles. The first-order valence-corrected chi connectivity index (χ1v) is 2.92. The molecular formula is C6H4ClNO2. The zero-order valence-electron chi connectivity index (χ0n) is 4.91. The number of hydrogen-bond donors (Lipinski definition) is 1. The van der Waals surface area contributed by atoms with E-state index < -0.39 is 5.97 Å². The van der Waals surface area contributed by atoms with Gasteiger partial charge in [0.25, 0.3) is 0 Å². The van der Waals surface area contributed by atoms with Gasteiger partial charge >= 0.3 is 5.97 Å². The number of carboxylic acids is 1. The van der Waals surface area contributed by atoms with E-state index in [1.54, 1.807) is 0 Å². The summed E-state index contributed by atoms with van der Waals surface area (Å²) in [5.74, 6) is -1.02. The summed E-state index contributed by atoms with van der Waals surface area (Å²) in [5, 5.41) is 8.74. The molecule has 0 fully saturated rings. The Morgan fingerprint density at radius 1 is 1.60 bits per heavy atom. The van der Waals surface area contributed by atoms with Crippen molar-refractivity contribution in [3.05, 3.63) is 29.0 Å². The standard InChI is InChI=1S/C6H4ClNO2/c7-5-1-4(6(9)10)2-8-3-5/h1-3H,(H,9,10). The molecule has 1 rings (SSSR count). The molecule has 1 heterocycles. The Bertz CT molecular complexity index is 262. The minimum atomic E-state index is -1.02. The minimum absolute atomic E-state index is 0.104. The van der Waals surface area contributed by atoms with E-state index in [1.807, 2.05) is 0 Å². The lowest BCUT2D eigenvalue weighted by Gasteiger charge is -1.91. The molecule has 0 aliphatic heterocycles. The molecule has 1 N–H and O–H groups in total. The van der Waals surface area contributed by atoms with Crippen molar-refractivity contribution in [1.82, 2.24) is 4.98 Å². The average molecular weight is 158 g/mol. The van der Waals surface area contributed by atoms with Crippen LogP contribution >= 0.6 is 11.6 Å². The third-order valence-corrected chi connectivity index (χ3v) is 1.16. The second-order valence-electron chi connectivity index (χ2n) is 1.70. The minimum Gasteiger partial charge on any atom is -0.478 e. The van der Waals surface area contributed by atoms with Gasteiger partial charge in [0.05, 0.1) is 10.6 Å². The van der Waals surface area contributed by atoms with Gasteiger partial charge in [-0.1, -0.05) is 11.6 Å². The summed E-state index contributed by atoms with van der Waals surface area (Å²) in [7, 11) is 0. The van der Waals surface area contributed by atoms with Crippen LogP contribution < -0.4 is 0 Å². The van der Waals surface area contributed by atoms with Crippen LogP contribution in [0.1, 0.15) is 10.4 Å². The normalized spacial score (nSPS) is 9.30. The Morgan fingerprint density at radius 3 is 2.70 bits per heavy atom. The van der Waals surface area contributed by atoms with Crippen molar-refractivity contribution in [3.63, 3.8) is 0 Å². The van der Waals surface area contributed by atoms with E-state index in [9.17, 15) is 4.79 Å². The molecule has 1 aromatic rings. The lowest BCUT2D eigenvalue weighted by atomic mass is 10.3. The fourth-order valence-corrected chi connectivity index (χ4v) is 0.703. The Hall–Kier alpha value is -1.09. The average Bonchev–Trinajstić information content (AvgIpc) is 1.88. The highest BCUT2D eigenvalue weighted by molar-refractivity contribution is 6.30. The number of aromatic nitrogens is 1. The van der Waals surface area contributed by atoms with Gasteiger partial charge in [-0.05, 0) is 6.07 Å². The molecule has 0 atom stereocenters. The first-order valence-electron chi connectivity index (χ1n) is 2.54. The monoisotopic (exact) mass is 157 g/mol. The van der Waals surface area contributed by atoms with Crippen molar-refractivity contribution in [3.8, 4) is 0 Å². The smallest absolute Gasteiger partial charge is 0.337 e. The van der Waals surface area contributed by atoms with Crippen LogP contribution in [0.15, 0.2) is 18.5 Å². The van der Waals surface area contributed by atoms with Crippen LogP contribution in [0, 0.1) is 0 Å². The highest BCUT2D eigenvalue weighted by Crippen LogP contribution is 2.07. The Morgan fingerprint density at radius 2 is 2.30 bits per heavy atom. The van der Waals surface area contributed by atoms with Gasteiger partial charge in [0.1, 0.15) is 0 Å². The third kappa shape index (κ3) is 1.45. The van der Waals surface area contributed by atoms with Crippen LogP contribution in [-0.2, 0) is 0 Å². The molecule has 3 nitrogen and oxygen atoms in total. The summed E-state index contributed by atoms with van der Waals surface area (Å²) in [5.41, 5.74) is 0.104. The number of carbonyl (C=O) groups is 1. The Balaban J connectivity index is 3.07. The van der Waals surface area contributed by atoms with E-state index in [4.69, 9.17) is 16.7 Å². The number of carboxylic acid groups (broad SMARTS) is 1. The summed E-state index contributed by atoms with van der Waals surface area (Å²) < 4.78 is 0. The summed E-state index contributed by atoms with van der Waals surface area (Å²) in [6.45, 7) is 0. The predicted molar refractivity (Wildman–Crippen MR) is 36.2 cm³/mol. The van der Waals surface area contributed by atoms with E-state index in [0.29, 0.717) is 5.02 Å². The fraction of sp³-hybridized carbons (Fsp3) is 0. The molecule has 10 heavy (non-hydrogen) atoms. The van der Waals surface area contributed by atoms with E-state index in [0.717, 1.165) is 0 Å². The van der Waals surface area contributed by atoms with Crippen molar-refractivity contribution < 1.29 is 9.90 Å². The molecule has 0 aliphatic rings. The third-order valence-electron chi connectivity index (χ3n) is 0.952. The van der Waals surface area contributed by atoms with Crippen LogP contribution in [0.4, 0.5) is 0 Å². The van der Waals surface area contributed by atoms with Gasteiger partial charge in [-0.3, -0.25) is 4.98 Å². The van der Waals surface area contributed by atoms with Gasteiger partial charge in [0, 0.05) is 12.4 Å². The molecular weight excluding hydrogens is 154 g/mol. The van der Waals surface area contributed by atoms with Crippen molar-refractivity contribution in [2.45, 2.75) is 0 Å². The second-order valence-corrected chi connectivity index (χ2v) is 2.13. The van der Waals surface area contributed by atoms with Gasteiger partial charge in [-0.25, -0.2) is 4.79 Å². The summed E-state index contributed by atoms with van der Waals surface area (Å²) in [6, 6.07) is 1.34. The largest absolute Gasteiger partial charge is 0.478 e. The summed E-state index contributed by atoms with van der Waals surface area (Å²) in [6.07, 6.45) is 2.63. The molecule has 0 spiro atoms. The lowest BCUT2D eigenvalue weighted by molar-refractivity contribution is 0.0696. The molecule has 0 unspecified atom stereocenters. The topological polar surface area (TPSA) is 50.2 Å². The Labute approximate surface area is 62.3 Å². The number of nitrogens with zero attached hydrogens (tertiary/aromatic N) is 1. The van der Waals surface area contributed by atoms with E-state index in [2.05, 4.69) is 4.98 Å². The van der Waals surface area contributed by atoms with Crippen molar-refractivity contribution in [2.75, 3.05) is 0 Å². The molecule has 4 heteroatoms. The van der Waals surface area contributed by atoms with Gasteiger partial charge in [-0.15, -0.1) is 0 Å². The Kier molecular flexibility index (Phi) is 1.87. The van der Waals surface area contributed by atoms with Crippen LogP contribution in [0.3, 0.4) is 0 Å². The molecule has 52 valence electrons. The number of halogens is 1. The highest BCUT2D eigenvalue weighted by atomic mass is 35.5. The highest BCUT2D eigenvalue weighted by Gasteiger charge is 2.01. The number of pyridine rings is 1. The van der Waals surface area contributed by atoms with Crippen LogP contribution in [0.5, 0.6) is 0 Å². The lowest BCUT2D eigenvalue weighted by Crippen LogP contribution is -1.95. The molecule has 0 aromatic carbocycles. The molecule has 1 aromatic heterocycles. The van der Waals surface area contributed by atoms with Crippen LogP contribution in [0.25, 0.3) is 0 Å². The van der Waals surface area contributed by atoms with Gasteiger partial charge < -0.3 is 5.11 Å². The summed E-state index contributed by atoms with van der Waals surface area (Å²) in [4.78, 5) is 13.8. The van der Waals surface area contributed by atoms with Crippen molar-refractivity contribution in [1.29, 1.82) is 0 Å². The molecule has 0 radical (unpaired) electrons. The van der Waals surface area contributed by atoms with E-state index >= 15 is 0 Å². The SMILES string of the molecule is O=C(O)c1cncc(Cl)c1. The fourth-order valence-electron chi connectivity index (χ4n) is 0.529. The first-order chi connectivity index (χ1) is 4.70. The maximum atomic E-state index is 10.3.